The Balaban J connectivity index is 1.83. The lowest BCUT2D eigenvalue weighted by Crippen LogP contribution is -2.27. The van der Waals surface area contributed by atoms with Crippen LogP contribution in [-0.2, 0) is 4.79 Å². The zero-order valence-corrected chi connectivity index (χ0v) is 16.1. The highest BCUT2D eigenvalue weighted by molar-refractivity contribution is 9.10. The fraction of sp³-hybridized carbons (Fsp3) is 0.111. The molecule has 122 valence electrons. The monoisotopic (exact) mass is 419 g/mol. The first kappa shape index (κ1) is 17.2. The number of thioether (sulfide) groups is 1. The molecule has 0 radical (unpaired) electrons. The number of carbonyl (C=O) groups is 1. The van der Waals surface area contributed by atoms with Crippen molar-refractivity contribution in [1.29, 1.82) is 0 Å². The molecule has 0 N–H and O–H groups in total. The van der Waals surface area contributed by atoms with Crippen LogP contribution in [-0.4, -0.2) is 16.8 Å². The number of hydrogen-bond acceptors (Lipinski definition) is 4. The molecule has 0 aromatic heterocycles. The van der Waals surface area contributed by atoms with Crippen molar-refractivity contribution < 1.29 is 9.53 Å². The molecular formula is C18H14BrNO2S2. The van der Waals surface area contributed by atoms with Crippen LogP contribution in [0.15, 0.2) is 57.9 Å². The van der Waals surface area contributed by atoms with Gasteiger partial charge in [0.15, 0.2) is 4.32 Å². The van der Waals surface area contributed by atoms with Crippen molar-refractivity contribution in [2.45, 2.75) is 6.92 Å². The van der Waals surface area contributed by atoms with Gasteiger partial charge in [-0.25, -0.2) is 0 Å². The van der Waals surface area contributed by atoms with Crippen LogP contribution < -0.4 is 9.64 Å². The Hall–Kier alpha value is -1.63. The van der Waals surface area contributed by atoms with Gasteiger partial charge in [-0.3, -0.25) is 9.69 Å². The zero-order valence-electron chi connectivity index (χ0n) is 12.9. The number of carbonyl (C=O) groups excluding carboxylic acids is 1. The molecule has 1 aliphatic rings. The average molecular weight is 420 g/mol. The third kappa shape index (κ3) is 3.71. The van der Waals surface area contributed by atoms with E-state index in [-0.39, 0.29) is 5.91 Å². The smallest absolute Gasteiger partial charge is 0.270 e. The van der Waals surface area contributed by atoms with Crippen LogP contribution in [0.2, 0.25) is 0 Å². The Morgan fingerprint density at radius 2 is 1.83 bits per heavy atom. The highest BCUT2D eigenvalue weighted by atomic mass is 79.9. The molecule has 1 aliphatic heterocycles. The summed E-state index contributed by atoms with van der Waals surface area (Å²) in [4.78, 5) is 14.9. The van der Waals surface area contributed by atoms with Crippen LogP contribution in [0.1, 0.15) is 12.5 Å². The van der Waals surface area contributed by atoms with E-state index < -0.39 is 0 Å². The average Bonchev–Trinajstić information content (AvgIpc) is 2.85. The second kappa shape index (κ2) is 7.51. The maximum atomic E-state index is 12.7. The van der Waals surface area contributed by atoms with Crippen LogP contribution >= 0.6 is 39.9 Å². The van der Waals surface area contributed by atoms with E-state index in [2.05, 4.69) is 15.9 Å². The summed E-state index contributed by atoms with van der Waals surface area (Å²) in [5.74, 6) is 0.721. The lowest BCUT2D eigenvalue weighted by molar-refractivity contribution is -0.113. The van der Waals surface area contributed by atoms with E-state index in [4.69, 9.17) is 17.0 Å². The molecule has 1 fully saturated rings. The molecule has 1 saturated heterocycles. The third-order valence-electron chi connectivity index (χ3n) is 3.37. The second-order valence-electron chi connectivity index (χ2n) is 5.00. The number of anilines is 1. The van der Waals surface area contributed by atoms with E-state index in [0.29, 0.717) is 15.8 Å². The number of nitrogens with zero attached hydrogens (tertiary/aromatic N) is 1. The lowest BCUT2D eigenvalue weighted by atomic mass is 10.2. The van der Waals surface area contributed by atoms with E-state index in [1.54, 1.807) is 4.90 Å². The SMILES string of the molecule is CCOc1ccc(C=C2SC(=S)N(c3ccc(Br)cc3)C2=O)cc1. The number of benzene rings is 2. The summed E-state index contributed by atoms with van der Waals surface area (Å²) < 4.78 is 6.93. The quantitative estimate of drug-likeness (QED) is 0.499. The molecule has 2 aromatic carbocycles. The predicted octanol–water partition coefficient (Wildman–Crippen LogP) is 5.25. The molecule has 24 heavy (non-hydrogen) atoms. The van der Waals surface area contributed by atoms with E-state index in [0.717, 1.165) is 21.5 Å². The van der Waals surface area contributed by atoms with Crippen molar-refractivity contribution in [3.05, 3.63) is 63.5 Å². The molecule has 0 aliphatic carbocycles. The van der Waals surface area contributed by atoms with Crippen LogP contribution in [0.4, 0.5) is 5.69 Å². The number of hydrogen-bond donors (Lipinski definition) is 0. The molecule has 3 nitrogen and oxygen atoms in total. The van der Waals surface area contributed by atoms with Crippen molar-refractivity contribution in [2.75, 3.05) is 11.5 Å². The first-order valence-corrected chi connectivity index (χ1v) is 9.36. The number of amides is 1. The Bertz CT molecular complexity index is 801. The van der Waals surface area contributed by atoms with E-state index >= 15 is 0 Å². The lowest BCUT2D eigenvalue weighted by Gasteiger charge is -2.14. The summed E-state index contributed by atoms with van der Waals surface area (Å²) in [6.07, 6.45) is 1.86. The normalized spacial score (nSPS) is 16.1. The summed E-state index contributed by atoms with van der Waals surface area (Å²) in [5, 5.41) is 0. The fourth-order valence-electron chi connectivity index (χ4n) is 2.26. The van der Waals surface area contributed by atoms with Crippen molar-refractivity contribution >= 4 is 61.9 Å². The maximum Gasteiger partial charge on any atom is 0.270 e. The fourth-order valence-corrected chi connectivity index (χ4v) is 3.82. The zero-order chi connectivity index (χ0) is 17.1. The van der Waals surface area contributed by atoms with E-state index in [1.807, 2.05) is 61.5 Å². The van der Waals surface area contributed by atoms with Gasteiger partial charge in [0.2, 0.25) is 0 Å². The minimum absolute atomic E-state index is 0.0961. The Morgan fingerprint density at radius 1 is 1.17 bits per heavy atom. The molecule has 0 atom stereocenters. The second-order valence-corrected chi connectivity index (χ2v) is 7.59. The van der Waals surface area contributed by atoms with Crippen molar-refractivity contribution in [3.63, 3.8) is 0 Å². The predicted molar refractivity (Wildman–Crippen MR) is 107 cm³/mol. The summed E-state index contributed by atoms with van der Waals surface area (Å²) in [7, 11) is 0. The van der Waals surface area contributed by atoms with Gasteiger partial charge in [0.1, 0.15) is 5.75 Å². The molecule has 0 saturated carbocycles. The molecule has 2 aromatic rings. The largest absolute Gasteiger partial charge is 0.494 e. The molecule has 0 bridgehead atoms. The topological polar surface area (TPSA) is 29.5 Å². The summed E-state index contributed by atoms with van der Waals surface area (Å²) in [6, 6.07) is 15.2. The van der Waals surface area contributed by atoms with Gasteiger partial charge >= 0.3 is 0 Å². The summed E-state index contributed by atoms with van der Waals surface area (Å²) >= 11 is 10.1. The Labute approximate surface area is 158 Å². The number of halogens is 1. The molecular weight excluding hydrogens is 406 g/mol. The Kier molecular flexibility index (Phi) is 5.38. The van der Waals surface area contributed by atoms with Crippen molar-refractivity contribution in [2.24, 2.45) is 0 Å². The minimum atomic E-state index is -0.0961. The van der Waals surface area contributed by atoms with Crippen molar-refractivity contribution in [3.8, 4) is 5.75 Å². The molecule has 0 spiro atoms. The number of rotatable bonds is 4. The summed E-state index contributed by atoms with van der Waals surface area (Å²) in [6.45, 7) is 2.58. The number of thiocarbonyl (C=S) groups is 1. The van der Waals surface area contributed by atoms with Crippen molar-refractivity contribution in [1.82, 2.24) is 0 Å². The molecule has 1 heterocycles. The van der Waals surface area contributed by atoms with Crippen LogP contribution in [0.25, 0.3) is 6.08 Å². The highest BCUT2D eigenvalue weighted by Crippen LogP contribution is 2.36. The standard InChI is InChI=1S/C18H14BrNO2S2/c1-2-22-15-9-3-12(4-10-15)11-16-17(21)20(18(23)24-16)14-7-5-13(19)6-8-14/h3-11H,2H2,1H3. The molecule has 1 amide bonds. The maximum absolute atomic E-state index is 12.7. The van der Waals surface area contributed by atoms with Gasteiger partial charge in [0.05, 0.1) is 17.2 Å². The molecule has 6 heteroatoms. The van der Waals surface area contributed by atoms with Crippen LogP contribution in [0, 0.1) is 0 Å². The van der Waals surface area contributed by atoms with E-state index in [9.17, 15) is 4.79 Å². The number of ether oxygens (including phenoxy) is 1. The van der Waals surface area contributed by atoms with Gasteiger partial charge < -0.3 is 4.74 Å². The van der Waals surface area contributed by atoms with Crippen LogP contribution in [0.5, 0.6) is 5.75 Å². The van der Waals surface area contributed by atoms with Gasteiger partial charge in [-0.1, -0.05) is 52.0 Å². The van der Waals surface area contributed by atoms with Crippen LogP contribution in [0.3, 0.4) is 0 Å². The van der Waals surface area contributed by atoms with Gasteiger partial charge in [0, 0.05) is 4.47 Å². The van der Waals surface area contributed by atoms with Gasteiger partial charge in [0.25, 0.3) is 5.91 Å². The molecule has 3 rings (SSSR count). The Morgan fingerprint density at radius 3 is 2.46 bits per heavy atom. The van der Waals surface area contributed by atoms with E-state index in [1.165, 1.54) is 11.8 Å². The third-order valence-corrected chi connectivity index (χ3v) is 5.20. The van der Waals surface area contributed by atoms with Gasteiger partial charge in [-0.15, -0.1) is 0 Å². The molecule has 0 unspecified atom stereocenters. The van der Waals surface area contributed by atoms with Gasteiger partial charge in [-0.05, 0) is 55.0 Å². The first-order valence-electron chi connectivity index (χ1n) is 7.35. The summed E-state index contributed by atoms with van der Waals surface area (Å²) in [5.41, 5.74) is 1.71. The van der Waals surface area contributed by atoms with Gasteiger partial charge in [-0.2, -0.15) is 0 Å². The first-order chi connectivity index (χ1) is 11.6. The minimum Gasteiger partial charge on any atom is -0.494 e. The highest BCUT2D eigenvalue weighted by Gasteiger charge is 2.33.